The van der Waals surface area contributed by atoms with Crippen molar-refractivity contribution in [1.29, 1.82) is 0 Å². The Morgan fingerprint density at radius 1 is 1.16 bits per heavy atom. The average Bonchev–Trinajstić information content (AvgIpc) is 2.45. The van der Waals surface area contributed by atoms with Gasteiger partial charge in [-0.05, 0) is 42.8 Å². The molecule has 1 heterocycles. The first-order valence-electron chi connectivity index (χ1n) is 6.68. The van der Waals surface area contributed by atoms with Gasteiger partial charge in [0.2, 0.25) is 0 Å². The number of nitrogens with zero attached hydrogens (tertiary/aromatic N) is 1. The van der Waals surface area contributed by atoms with Crippen molar-refractivity contribution in [1.82, 2.24) is 10.3 Å². The van der Waals surface area contributed by atoms with Crippen molar-refractivity contribution >= 4 is 11.6 Å². The number of benzene rings is 1. The van der Waals surface area contributed by atoms with E-state index in [-0.39, 0.29) is 6.04 Å². The number of rotatable bonds is 6. The average molecular weight is 275 g/mol. The van der Waals surface area contributed by atoms with E-state index < -0.39 is 0 Å². The maximum Gasteiger partial charge on any atom is 0.0422 e. The molecular formula is C16H19ClN2. The summed E-state index contributed by atoms with van der Waals surface area (Å²) in [5, 5.41) is 4.34. The second-order valence-electron chi connectivity index (χ2n) is 4.58. The fourth-order valence-corrected chi connectivity index (χ4v) is 2.18. The first-order valence-corrected chi connectivity index (χ1v) is 7.06. The Labute approximate surface area is 119 Å². The molecule has 2 aromatic rings. The molecule has 1 unspecified atom stereocenters. The summed E-state index contributed by atoms with van der Waals surface area (Å²) in [5.41, 5.74) is 2.36. The Morgan fingerprint density at radius 2 is 1.95 bits per heavy atom. The highest BCUT2D eigenvalue weighted by Gasteiger charge is 2.11. The fourth-order valence-electron chi connectivity index (χ4n) is 2.05. The minimum atomic E-state index is 0.284. The van der Waals surface area contributed by atoms with Crippen LogP contribution in [0.2, 0.25) is 5.02 Å². The van der Waals surface area contributed by atoms with E-state index in [2.05, 4.69) is 35.4 Å². The van der Waals surface area contributed by atoms with Crippen LogP contribution in [0, 0.1) is 0 Å². The van der Waals surface area contributed by atoms with Gasteiger partial charge < -0.3 is 5.32 Å². The summed E-state index contributed by atoms with van der Waals surface area (Å²) in [7, 11) is 0. The summed E-state index contributed by atoms with van der Waals surface area (Å²) < 4.78 is 0. The first-order chi connectivity index (χ1) is 9.29. The summed E-state index contributed by atoms with van der Waals surface area (Å²) in [4.78, 5) is 4.40. The second-order valence-corrected chi connectivity index (χ2v) is 5.02. The van der Waals surface area contributed by atoms with Gasteiger partial charge in [-0.25, -0.2) is 0 Å². The van der Waals surface area contributed by atoms with Crippen LogP contribution in [0.4, 0.5) is 0 Å². The lowest BCUT2D eigenvalue weighted by Crippen LogP contribution is -2.24. The zero-order valence-corrected chi connectivity index (χ0v) is 11.9. The van der Waals surface area contributed by atoms with Crippen LogP contribution in [0.15, 0.2) is 48.7 Å². The van der Waals surface area contributed by atoms with Gasteiger partial charge >= 0.3 is 0 Å². The summed E-state index contributed by atoms with van der Waals surface area (Å²) in [6, 6.07) is 14.4. The Balaban J connectivity index is 2.13. The molecule has 0 spiro atoms. The van der Waals surface area contributed by atoms with Crippen molar-refractivity contribution in [2.45, 2.75) is 25.8 Å². The van der Waals surface area contributed by atoms with Crippen molar-refractivity contribution in [3.8, 4) is 0 Å². The van der Waals surface area contributed by atoms with Gasteiger partial charge in [-0.15, -0.1) is 0 Å². The minimum absolute atomic E-state index is 0.284. The molecule has 100 valence electrons. The van der Waals surface area contributed by atoms with Gasteiger partial charge in [0.1, 0.15) is 0 Å². The lowest BCUT2D eigenvalue weighted by molar-refractivity contribution is 0.524. The molecule has 0 saturated heterocycles. The molecule has 0 aliphatic heterocycles. The standard InChI is InChI=1S/C16H19ClN2/c1-2-10-19-16(12-15-5-3-4-11-18-15)13-6-8-14(17)9-7-13/h3-9,11,16,19H,2,10,12H2,1H3. The third kappa shape index (κ3) is 4.34. The van der Waals surface area contributed by atoms with Crippen molar-refractivity contribution in [3.05, 3.63) is 64.9 Å². The van der Waals surface area contributed by atoms with Gasteiger partial charge in [-0.2, -0.15) is 0 Å². The van der Waals surface area contributed by atoms with Crippen LogP contribution in [-0.2, 0) is 6.42 Å². The van der Waals surface area contributed by atoms with Crippen LogP contribution in [-0.4, -0.2) is 11.5 Å². The third-order valence-electron chi connectivity index (χ3n) is 3.05. The number of pyridine rings is 1. The van der Waals surface area contributed by atoms with Crippen LogP contribution < -0.4 is 5.32 Å². The lowest BCUT2D eigenvalue weighted by Gasteiger charge is -2.18. The predicted molar refractivity (Wildman–Crippen MR) is 80.4 cm³/mol. The fraction of sp³-hybridized carbons (Fsp3) is 0.312. The summed E-state index contributed by atoms with van der Waals surface area (Å²) in [5.74, 6) is 0. The quantitative estimate of drug-likeness (QED) is 0.861. The molecule has 1 aromatic carbocycles. The van der Waals surface area contributed by atoms with Gasteiger partial charge in [0, 0.05) is 29.4 Å². The molecule has 0 aliphatic carbocycles. The molecule has 0 aliphatic rings. The van der Waals surface area contributed by atoms with Gasteiger partial charge in [0.15, 0.2) is 0 Å². The summed E-state index contributed by atoms with van der Waals surface area (Å²) >= 11 is 5.95. The topological polar surface area (TPSA) is 24.9 Å². The van der Waals surface area contributed by atoms with E-state index in [1.807, 2.05) is 30.5 Å². The smallest absolute Gasteiger partial charge is 0.0422 e. The zero-order valence-electron chi connectivity index (χ0n) is 11.1. The Kier molecular flexibility index (Phi) is 5.37. The molecule has 1 N–H and O–H groups in total. The molecule has 19 heavy (non-hydrogen) atoms. The van der Waals surface area contributed by atoms with Gasteiger partial charge in [-0.3, -0.25) is 4.98 Å². The highest BCUT2D eigenvalue weighted by atomic mass is 35.5. The van der Waals surface area contributed by atoms with E-state index in [0.717, 1.165) is 30.1 Å². The molecule has 0 radical (unpaired) electrons. The number of hydrogen-bond donors (Lipinski definition) is 1. The highest BCUT2D eigenvalue weighted by molar-refractivity contribution is 6.30. The van der Waals surface area contributed by atoms with E-state index in [1.54, 1.807) is 0 Å². The lowest BCUT2D eigenvalue weighted by atomic mass is 10.0. The van der Waals surface area contributed by atoms with Gasteiger partial charge in [0.05, 0.1) is 0 Å². The molecule has 1 atom stereocenters. The van der Waals surface area contributed by atoms with Crippen LogP contribution in [0.25, 0.3) is 0 Å². The van der Waals surface area contributed by atoms with Crippen molar-refractivity contribution in [3.63, 3.8) is 0 Å². The molecule has 0 saturated carbocycles. The maximum atomic E-state index is 5.95. The van der Waals surface area contributed by atoms with Crippen molar-refractivity contribution < 1.29 is 0 Å². The number of halogens is 1. The first kappa shape index (κ1) is 14.0. The predicted octanol–water partition coefficient (Wildman–Crippen LogP) is 4.02. The minimum Gasteiger partial charge on any atom is -0.310 e. The van der Waals surface area contributed by atoms with Crippen LogP contribution in [0.3, 0.4) is 0 Å². The van der Waals surface area contributed by atoms with Crippen LogP contribution in [0.1, 0.15) is 30.6 Å². The van der Waals surface area contributed by atoms with Crippen molar-refractivity contribution in [2.24, 2.45) is 0 Å². The van der Waals surface area contributed by atoms with Crippen LogP contribution in [0.5, 0.6) is 0 Å². The maximum absolute atomic E-state index is 5.95. The molecule has 1 aromatic heterocycles. The molecule has 0 amide bonds. The van der Waals surface area contributed by atoms with E-state index in [0.29, 0.717) is 0 Å². The van der Waals surface area contributed by atoms with E-state index in [4.69, 9.17) is 11.6 Å². The SMILES string of the molecule is CCCNC(Cc1ccccn1)c1ccc(Cl)cc1. The monoisotopic (exact) mass is 274 g/mol. The Bertz CT molecular complexity index is 482. The van der Waals surface area contributed by atoms with E-state index in [9.17, 15) is 0 Å². The molecule has 0 fully saturated rings. The highest BCUT2D eigenvalue weighted by Crippen LogP contribution is 2.19. The van der Waals surface area contributed by atoms with Crippen LogP contribution >= 0.6 is 11.6 Å². The zero-order chi connectivity index (χ0) is 13.5. The van der Waals surface area contributed by atoms with Crippen molar-refractivity contribution in [2.75, 3.05) is 6.54 Å². The molecular weight excluding hydrogens is 256 g/mol. The van der Waals surface area contributed by atoms with E-state index >= 15 is 0 Å². The number of aromatic nitrogens is 1. The number of hydrogen-bond acceptors (Lipinski definition) is 2. The molecule has 3 heteroatoms. The second kappa shape index (κ2) is 7.27. The number of nitrogens with one attached hydrogen (secondary N) is 1. The summed E-state index contributed by atoms with van der Waals surface area (Å²) in [6.45, 7) is 3.17. The largest absolute Gasteiger partial charge is 0.310 e. The van der Waals surface area contributed by atoms with E-state index in [1.165, 1.54) is 5.56 Å². The third-order valence-corrected chi connectivity index (χ3v) is 3.30. The summed E-state index contributed by atoms with van der Waals surface area (Å²) in [6.07, 6.45) is 3.85. The molecule has 2 nitrogen and oxygen atoms in total. The Morgan fingerprint density at radius 3 is 2.58 bits per heavy atom. The molecule has 2 rings (SSSR count). The van der Waals surface area contributed by atoms with Gasteiger partial charge in [0.25, 0.3) is 0 Å². The Hall–Kier alpha value is -1.38. The van der Waals surface area contributed by atoms with Gasteiger partial charge in [-0.1, -0.05) is 36.7 Å². The molecule has 0 bridgehead atoms. The normalized spacial score (nSPS) is 12.3.